The second-order valence-corrected chi connectivity index (χ2v) is 1.82. The van der Waals surface area contributed by atoms with Gasteiger partial charge in [0.1, 0.15) is 0 Å². The maximum atomic E-state index is 11.1. The van der Waals surface area contributed by atoms with Gasteiger partial charge in [-0.3, -0.25) is 0 Å². The van der Waals surface area contributed by atoms with E-state index in [0.29, 0.717) is 0 Å². The minimum atomic E-state index is -2.56. The maximum Gasteiger partial charge on any atom is 0.367 e. The molecule has 0 aliphatic heterocycles. The summed E-state index contributed by atoms with van der Waals surface area (Å²) in [5, 5.41) is 0. The molecule has 0 saturated carbocycles. The summed E-state index contributed by atoms with van der Waals surface area (Å²) in [6.45, 7) is -0.804. The molecule has 0 saturated heterocycles. The molecule has 0 atom stereocenters. The van der Waals surface area contributed by atoms with Crippen LogP contribution in [0.4, 0.5) is 13.6 Å². The van der Waals surface area contributed by atoms with Gasteiger partial charge in [0.05, 0.1) is 22.6 Å². The van der Waals surface area contributed by atoms with Gasteiger partial charge in [0.2, 0.25) is 0 Å². The highest BCUT2D eigenvalue weighted by molar-refractivity contribution is 14.1. The second kappa shape index (κ2) is 3.99. The van der Waals surface area contributed by atoms with Gasteiger partial charge in [-0.2, -0.15) is 0 Å². The Kier molecular flexibility index (Phi) is 4.02. The molecule has 0 aromatic rings. The molecule has 48 valence electrons. The number of ether oxygens (including phenoxy) is 1. The normalized spacial score (nSPS) is 9.50. The van der Waals surface area contributed by atoms with E-state index in [1.807, 2.05) is 0 Å². The SMILES string of the molecule is O=C(I)OCC(F)F. The van der Waals surface area contributed by atoms with Gasteiger partial charge < -0.3 is 4.74 Å². The van der Waals surface area contributed by atoms with Crippen molar-refractivity contribution in [3.05, 3.63) is 0 Å². The molecule has 0 amide bonds. The van der Waals surface area contributed by atoms with Crippen molar-refractivity contribution >= 4 is 26.6 Å². The molecule has 0 aliphatic rings. The Hall–Kier alpha value is 0.0600. The third-order valence-corrected chi connectivity index (χ3v) is 0.634. The lowest BCUT2D eigenvalue weighted by Gasteiger charge is -1.95. The molecule has 0 heterocycles. The standard InChI is InChI=1S/C3H3F2IO2/c4-2(5)1-8-3(6)7/h2H,1H2. The van der Waals surface area contributed by atoms with Crippen LogP contribution in [0, 0.1) is 0 Å². The lowest BCUT2D eigenvalue weighted by atomic mass is 10.8. The van der Waals surface area contributed by atoms with E-state index in [0.717, 1.165) is 0 Å². The first-order valence-electron chi connectivity index (χ1n) is 1.73. The highest BCUT2D eigenvalue weighted by Gasteiger charge is 2.03. The van der Waals surface area contributed by atoms with Crippen LogP contribution in [0.2, 0.25) is 0 Å². The van der Waals surface area contributed by atoms with E-state index in [1.165, 1.54) is 22.6 Å². The lowest BCUT2D eigenvalue weighted by molar-refractivity contribution is 0.0613. The first-order valence-corrected chi connectivity index (χ1v) is 2.81. The zero-order valence-electron chi connectivity index (χ0n) is 3.73. The molecule has 0 fully saturated rings. The van der Waals surface area contributed by atoms with Gasteiger partial charge in [-0.1, -0.05) is 0 Å². The smallest absolute Gasteiger partial charge is 0.367 e. The predicted molar refractivity (Wildman–Crippen MR) is 31.4 cm³/mol. The highest BCUT2D eigenvalue weighted by atomic mass is 127. The van der Waals surface area contributed by atoms with Crippen LogP contribution in [0.1, 0.15) is 0 Å². The van der Waals surface area contributed by atoms with Crippen LogP contribution in [0.3, 0.4) is 0 Å². The first-order chi connectivity index (χ1) is 3.63. The molecule has 0 aliphatic carbocycles. The molecule has 0 radical (unpaired) electrons. The van der Waals surface area contributed by atoms with Crippen LogP contribution in [0.15, 0.2) is 0 Å². The quantitative estimate of drug-likeness (QED) is 0.539. The summed E-state index contributed by atoms with van der Waals surface area (Å²) in [4.78, 5) is 9.78. The van der Waals surface area contributed by atoms with Gasteiger partial charge in [-0.15, -0.1) is 0 Å². The zero-order valence-corrected chi connectivity index (χ0v) is 5.89. The van der Waals surface area contributed by atoms with E-state index >= 15 is 0 Å². The summed E-state index contributed by atoms with van der Waals surface area (Å²) in [5.74, 6) is 0. The van der Waals surface area contributed by atoms with Gasteiger partial charge in [-0.05, 0) is 0 Å². The average molecular weight is 236 g/mol. The van der Waals surface area contributed by atoms with Crippen molar-refractivity contribution in [2.45, 2.75) is 6.43 Å². The number of hydrogen-bond donors (Lipinski definition) is 0. The van der Waals surface area contributed by atoms with Crippen molar-refractivity contribution < 1.29 is 18.3 Å². The fourth-order valence-electron chi connectivity index (χ4n) is 0.129. The Morgan fingerprint density at radius 2 is 2.25 bits per heavy atom. The molecule has 0 aromatic heterocycles. The van der Waals surface area contributed by atoms with Crippen molar-refractivity contribution in [1.82, 2.24) is 0 Å². The van der Waals surface area contributed by atoms with E-state index in [9.17, 15) is 13.6 Å². The molecule has 0 bridgehead atoms. The number of alkyl halides is 2. The molecule has 0 N–H and O–H groups in total. The number of carbonyl (C=O) groups is 1. The van der Waals surface area contributed by atoms with Crippen LogP contribution >= 0.6 is 22.6 Å². The molecule has 8 heavy (non-hydrogen) atoms. The number of halogens is 3. The molecule has 0 unspecified atom stereocenters. The minimum absolute atomic E-state index is 0.706. The van der Waals surface area contributed by atoms with Gasteiger partial charge in [0, 0.05) is 0 Å². The van der Waals surface area contributed by atoms with Crippen molar-refractivity contribution in [2.24, 2.45) is 0 Å². The minimum Gasteiger partial charge on any atom is -0.452 e. The topological polar surface area (TPSA) is 26.3 Å². The van der Waals surface area contributed by atoms with E-state index in [2.05, 4.69) is 4.74 Å². The van der Waals surface area contributed by atoms with Crippen LogP contribution in [-0.2, 0) is 4.74 Å². The maximum absolute atomic E-state index is 11.1. The first kappa shape index (κ1) is 8.06. The third kappa shape index (κ3) is 6.06. The number of hydrogen-bond acceptors (Lipinski definition) is 2. The monoisotopic (exact) mass is 236 g/mol. The highest BCUT2D eigenvalue weighted by Crippen LogP contribution is 1.96. The zero-order chi connectivity index (χ0) is 6.57. The summed E-state index contributed by atoms with van der Waals surface area (Å²) < 4.78 is 25.4. The Morgan fingerprint density at radius 3 is 2.38 bits per heavy atom. The Morgan fingerprint density at radius 1 is 1.75 bits per heavy atom. The van der Waals surface area contributed by atoms with Gasteiger partial charge in [0.15, 0.2) is 6.61 Å². The summed E-state index contributed by atoms with van der Waals surface area (Å²) in [6, 6.07) is 0. The Balaban J connectivity index is 3.05. The van der Waals surface area contributed by atoms with Gasteiger partial charge in [0.25, 0.3) is 6.43 Å². The van der Waals surface area contributed by atoms with Gasteiger partial charge in [-0.25, -0.2) is 13.6 Å². The van der Waals surface area contributed by atoms with Gasteiger partial charge >= 0.3 is 3.98 Å². The fraction of sp³-hybridized carbons (Fsp3) is 0.667. The lowest BCUT2D eigenvalue weighted by Crippen LogP contribution is -2.04. The van der Waals surface area contributed by atoms with Crippen LogP contribution in [0.5, 0.6) is 0 Å². The Labute approximate surface area is 58.3 Å². The largest absolute Gasteiger partial charge is 0.452 e. The summed E-state index contributed by atoms with van der Waals surface area (Å²) in [5.41, 5.74) is 0. The van der Waals surface area contributed by atoms with E-state index < -0.39 is 17.0 Å². The summed E-state index contributed by atoms with van der Waals surface area (Å²) in [6.07, 6.45) is -2.56. The van der Waals surface area contributed by atoms with Crippen LogP contribution in [0.25, 0.3) is 0 Å². The fourth-order valence-corrected chi connectivity index (χ4v) is 0.308. The van der Waals surface area contributed by atoms with E-state index in [-0.39, 0.29) is 0 Å². The molecule has 5 heteroatoms. The summed E-state index contributed by atoms with van der Waals surface area (Å²) in [7, 11) is 0. The van der Waals surface area contributed by atoms with E-state index in [4.69, 9.17) is 0 Å². The number of rotatable bonds is 2. The molecule has 0 aromatic carbocycles. The van der Waals surface area contributed by atoms with Crippen LogP contribution in [-0.4, -0.2) is 17.0 Å². The Bertz CT molecular complexity index is 85.4. The second-order valence-electron chi connectivity index (χ2n) is 0.940. The third-order valence-electron chi connectivity index (χ3n) is 0.323. The predicted octanol–water partition coefficient (Wildman–Crippen LogP) is 1.82. The van der Waals surface area contributed by atoms with E-state index in [1.54, 1.807) is 0 Å². The number of carbonyl (C=O) groups excluding carboxylic acids is 1. The molecule has 2 nitrogen and oxygen atoms in total. The molecule has 0 rings (SSSR count). The summed E-state index contributed by atoms with van der Waals surface area (Å²) >= 11 is 1.28. The molecular weight excluding hydrogens is 233 g/mol. The van der Waals surface area contributed by atoms with Crippen molar-refractivity contribution in [2.75, 3.05) is 6.61 Å². The molecular formula is C3H3F2IO2. The van der Waals surface area contributed by atoms with Crippen LogP contribution < -0.4 is 0 Å². The average Bonchev–Trinajstić information content (AvgIpc) is 1.61. The van der Waals surface area contributed by atoms with Crippen molar-refractivity contribution in [3.8, 4) is 0 Å². The molecule has 0 spiro atoms. The van der Waals surface area contributed by atoms with Crippen molar-refractivity contribution in [3.63, 3.8) is 0 Å². The van der Waals surface area contributed by atoms with Crippen molar-refractivity contribution in [1.29, 1.82) is 0 Å².